The van der Waals surface area contributed by atoms with Gasteiger partial charge in [-0.25, -0.2) is 23.9 Å². The summed E-state index contributed by atoms with van der Waals surface area (Å²) in [5.74, 6) is 0.245. The number of hydrogen-bond donors (Lipinski definition) is 1. The minimum Gasteiger partial charge on any atom is -0.444 e. The number of pyridine rings is 2. The molecule has 0 aliphatic carbocycles. The van der Waals surface area contributed by atoms with E-state index < -0.39 is 17.4 Å². The lowest BCUT2D eigenvalue weighted by atomic mass is 9.99. The Morgan fingerprint density at radius 2 is 1.95 bits per heavy atom. The summed E-state index contributed by atoms with van der Waals surface area (Å²) in [6, 6.07) is 2.81. The number of amides is 3. The molecule has 5 rings (SSSR count). The Morgan fingerprint density at radius 1 is 1.18 bits per heavy atom. The number of anilines is 3. The van der Waals surface area contributed by atoms with E-state index in [0.29, 0.717) is 44.1 Å². The molecule has 0 unspecified atom stereocenters. The zero-order valence-electron chi connectivity index (χ0n) is 23.4. The third kappa shape index (κ3) is 5.35. The molecule has 0 bridgehead atoms. The average molecular weight is 538 g/mol. The quantitative estimate of drug-likeness (QED) is 0.513. The molecule has 0 spiro atoms. The van der Waals surface area contributed by atoms with E-state index in [9.17, 15) is 14.0 Å². The fourth-order valence-electron chi connectivity index (χ4n) is 5.33. The van der Waals surface area contributed by atoms with Crippen LogP contribution in [0.5, 0.6) is 0 Å². The van der Waals surface area contributed by atoms with Gasteiger partial charge in [0.1, 0.15) is 17.1 Å². The van der Waals surface area contributed by atoms with E-state index in [1.165, 1.54) is 12.3 Å². The first-order valence-electron chi connectivity index (χ1n) is 13.4. The fraction of sp³-hybridized carbons (Fsp3) is 0.500. The van der Waals surface area contributed by atoms with Gasteiger partial charge >= 0.3 is 12.1 Å². The molecule has 3 amide bonds. The molecule has 0 aromatic carbocycles. The van der Waals surface area contributed by atoms with Crippen LogP contribution in [0.15, 0.2) is 30.7 Å². The first-order chi connectivity index (χ1) is 18.4. The highest BCUT2D eigenvalue weighted by atomic mass is 19.1. The van der Waals surface area contributed by atoms with Crippen molar-refractivity contribution in [1.29, 1.82) is 0 Å². The Balaban J connectivity index is 1.34. The maximum Gasteiger partial charge on any atom is 0.410 e. The minimum atomic E-state index is -0.557. The molecule has 3 aromatic rings. The number of nitrogens with zero attached hydrogens (tertiary/aromatic N) is 6. The van der Waals surface area contributed by atoms with Crippen molar-refractivity contribution in [2.45, 2.75) is 59.6 Å². The molecule has 5 heterocycles. The number of urea groups is 1. The number of hydrogen-bond acceptors (Lipinski definition) is 6. The average Bonchev–Trinajstić information content (AvgIpc) is 3.45. The summed E-state index contributed by atoms with van der Waals surface area (Å²) in [5, 5.41) is 2.70. The number of fused-ring (bicyclic) bond motifs is 2. The lowest BCUT2D eigenvalue weighted by Gasteiger charge is -2.44. The van der Waals surface area contributed by atoms with Crippen LogP contribution in [-0.2, 0) is 11.2 Å². The van der Waals surface area contributed by atoms with Gasteiger partial charge in [0.2, 0.25) is 0 Å². The van der Waals surface area contributed by atoms with Crippen LogP contribution in [-0.4, -0.2) is 69.2 Å². The zero-order valence-corrected chi connectivity index (χ0v) is 23.4. The number of aromatic nitrogens is 3. The predicted molar refractivity (Wildman–Crippen MR) is 148 cm³/mol. The van der Waals surface area contributed by atoms with Crippen molar-refractivity contribution in [1.82, 2.24) is 19.3 Å². The lowest BCUT2D eigenvalue weighted by molar-refractivity contribution is 0.00882. The summed E-state index contributed by atoms with van der Waals surface area (Å²) in [4.78, 5) is 40.6. The number of aryl methyl sites for hydroxylation is 1. The van der Waals surface area contributed by atoms with Gasteiger partial charge in [-0.1, -0.05) is 13.8 Å². The molecular formula is C28H36FN7O3. The van der Waals surface area contributed by atoms with Crippen LogP contribution in [0.3, 0.4) is 0 Å². The van der Waals surface area contributed by atoms with E-state index >= 15 is 0 Å². The first kappa shape index (κ1) is 26.7. The molecule has 10 nitrogen and oxygen atoms in total. The topological polar surface area (TPSA) is 95.3 Å². The van der Waals surface area contributed by atoms with E-state index in [1.54, 1.807) is 21.7 Å². The van der Waals surface area contributed by atoms with E-state index in [2.05, 4.69) is 34.0 Å². The van der Waals surface area contributed by atoms with E-state index in [-0.39, 0.29) is 23.7 Å². The summed E-state index contributed by atoms with van der Waals surface area (Å²) in [6.07, 6.45) is 5.34. The second kappa shape index (κ2) is 10.0. The fourth-order valence-corrected chi connectivity index (χ4v) is 5.33. The Kier molecular flexibility index (Phi) is 6.86. The van der Waals surface area contributed by atoms with Gasteiger partial charge in [0.25, 0.3) is 0 Å². The summed E-state index contributed by atoms with van der Waals surface area (Å²) in [7, 11) is 0. The molecular weight excluding hydrogens is 501 g/mol. The third-order valence-electron chi connectivity index (χ3n) is 7.16. The van der Waals surface area contributed by atoms with Crippen LogP contribution >= 0.6 is 0 Å². The Labute approximate surface area is 227 Å². The largest absolute Gasteiger partial charge is 0.444 e. The second-order valence-corrected chi connectivity index (χ2v) is 11.6. The van der Waals surface area contributed by atoms with Gasteiger partial charge in [-0.15, -0.1) is 0 Å². The van der Waals surface area contributed by atoms with Crippen LogP contribution in [0.2, 0.25) is 0 Å². The van der Waals surface area contributed by atoms with Crippen LogP contribution < -0.4 is 15.1 Å². The summed E-state index contributed by atoms with van der Waals surface area (Å²) in [5.41, 5.74) is 2.74. The second-order valence-electron chi connectivity index (χ2n) is 11.6. The van der Waals surface area contributed by atoms with Crippen molar-refractivity contribution in [3.63, 3.8) is 0 Å². The van der Waals surface area contributed by atoms with Gasteiger partial charge in [-0.3, -0.25) is 4.90 Å². The normalized spacial score (nSPS) is 17.6. The number of carbonyl (C=O) groups is 2. The first-order valence-corrected chi connectivity index (χ1v) is 13.4. The standard InChI is InChI=1S/C28H36FN7O3/c1-17(2)23-16-33(11-12-35(23)27(38)39-28(4,5)6)22-7-9-30-25-19(22)8-10-36(25)26(37)32-21-15-34-14-18(3)31-24(34)13-20(21)29/h7,9,13-15,17,23H,8,10-12,16H2,1-6H3,(H,32,37)/t23-/m1/s1. The molecule has 1 saturated heterocycles. The van der Waals surface area contributed by atoms with E-state index in [1.807, 2.05) is 38.7 Å². The minimum absolute atomic E-state index is 0.0251. The molecule has 1 atom stereocenters. The Hall–Kier alpha value is -3.89. The maximum atomic E-state index is 14.7. The third-order valence-corrected chi connectivity index (χ3v) is 7.16. The van der Waals surface area contributed by atoms with Gasteiger partial charge < -0.3 is 24.3 Å². The molecule has 0 saturated carbocycles. The van der Waals surface area contributed by atoms with Crippen molar-refractivity contribution in [3.05, 3.63) is 47.8 Å². The van der Waals surface area contributed by atoms with Crippen molar-refractivity contribution in [2.24, 2.45) is 5.92 Å². The molecule has 1 N–H and O–H groups in total. The van der Waals surface area contributed by atoms with Gasteiger partial charge in [0.15, 0.2) is 5.82 Å². The highest BCUT2D eigenvalue weighted by Gasteiger charge is 2.37. The number of piperazine rings is 1. The van der Waals surface area contributed by atoms with Gasteiger partial charge in [0, 0.05) is 62.1 Å². The van der Waals surface area contributed by atoms with Crippen LogP contribution in [0.1, 0.15) is 45.9 Å². The number of rotatable bonds is 3. The van der Waals surface area contributed by atoms with Gasteiger partial charge in [-0.05, 0) is 46.1 Å². The summed E-state index contributed by atoms with van der Waals surface area (Å²) < 4.78 is 22.1. The number of imidazole rings is 1. The number of nitrogens with one attached hydrogen (secondary N) is 1. The van der Waals surface area contributed by atoms with E-state index in [4.69, 9.17) is 4.74 Å². The molecule has 2 aliphatic heterocycles. The highest BCUT2D eigenvalue weighted by Crippen LogP contribution is 2.36. The zero-order chi connectivity index (χ0) is 28.1. The monoisotopic (exact) mass is 537 g/mol. The predicted octanol–water partition coefficient (Wildman–Crippen LogP) is 4.85. The van der Waals surface area contributed by atoms with Crippen LogP contribution in [0.4, 0.5) is 31.2 Å². The smallest absolute Gasteiger partial charge is 0.410 e. The Bertz CT molecular complexity index is 1410. The van der Waals surface area contributed by atoms with Crippen LogP contribution in [0.25, 0.3) is 5.65 Å². The summed E-state index contributed by atoms with van der Waals surface area (Å²) in [6.45, 7) is 13.9. The number of carbonyl (C=O) groups excluding carboxylic acids is 2. The maximum absolute atomic E-state index is 14.7. The SMILES string of the molecule is Cc1cn2cc(NC(=O)N3CCc4c(N5CCN(C(=O)OC(C)(C)C)[C@@H](C(C)C)C5)ccnc43)c(F)cc2n1. The van der Waals surface area contributed by atoms with Gasteiger partial charge in [-0.2, -0.15) is 0 Å². The van der Waals surface area contributed by atoms with Crippen molar-refractivity contribution in [2.75, 3.05) is 41.3 Å². The molecule has 3 aromatic heterocycles. The molecule has 39 heavy (non-hydrogen) atoms. The van der Waals surface area contributed by atoms with E-state index in [0.717, 1.165) is 16.9 Å². The number of ether oxygens (including phenoxy) is 1. The van der Waals surface area contributed by atoms with Crippen molar-refractivity contribution >= 4 is 35.0 Å². The van der Waals surface area contributed by atoms with Gasteiger partial charge in [0.05, 0.1) is 17.4 Å². The van der Waals surface area contributed by atoms with Crippen molar-refractivity contribution < 1.29 is 18.7 Å². The number of halogens is 1. The van der Waals surface area contributed by atoms with Crippen molar-refractivity contribution in [3.8, 4) is 0 Å². The summed E-state index contributed by atoms with van der Waals surface area (Å²) >= 11 is 0. The lowest BCUT2D eigenvalue weighted by Crippen LogP contribution is -2.58. The molecule has 0 radical (unpaired) electrons. The highest BCUT2D eigenvalue weighted by molar-refractivity contribution is 6.03. The molecule has 2 aliphatic rings. The molecule has 1 fully saturated rings. The Morgan fingerprint density at radius 3 is 2.67 bits per heavy atom. The van der Waals surface area contributed by atoms with Crippen LogP contribution in [0, 0.1) is 18.7 Å². The molecule has 208 valence electrons. The molecule has 11 heteroatoms.